The molecule has 2 saturated heterocycles. The summed E-state index contributed by atoms with van der Waals surface area (Å²) in [4.78, 5) is 23.2. The molecule has 1 unspecified atom stereocenters. The highest BCUT2D eigenvalue weighted by Gasteiger charge is 2.42. The van der Waals surface area contributed by atoms with Gasteiger partial charge < -0.3 is 38.3 Å². The van der Waals surface area contributed by atoms with Crippen LogP contribution in [0.15, 0.2) is 83.5 Å². The van der Waals surface area contributed by atoms with Crippen molar-refractivity contribution in [1.29, 1.82) is 0 Å². The standard InChI is InChI=1S/C39H44FN5O5/c1-47-34-23-27(24-35(48-2)36(34)49-3)37(46)44-21-17-39(26-44,28-10-12-29(40)13-11-28)16-20-43-18-14-30(15-19-43)41-38-42-32-8-4-5-9-33(32)45(38)25-31-7-6-22-50-31/h4-13,22-24,30H,14-21,25-26H2,1-3H3,(H,41,42). The first-order valence-corrected chi connectivity index (χ1v) is 17.2. The van der Waals surface area contributed by atoms with Gasteiger partial charge in [-0.05, 0) is 86.3 Å². The molecule has 10 nitrogen and oxygen atoms in total. The number of hydrogen-bond acceptors (Lipinski definition) is 8. The summed E-state index contributed by atoms with van der Waals surface area (Å²) in [7, 11) is 4.62. The molecule has 0 aliphatic carbocycles. The summed E-state index contributed by atoms with van der Waals surface area (Å²) in [5, 5.41) is 3.74. The fraction of sp³-hybridized carbons (Fsp3) is 0.385. The molecule has 5 aromatic rings. The highest BCUT2D eigenvalue weighted by atomic mass is 19.1. The van der Waals surface area contributed by atoms with Crippen LogP contribution in [0.5, 0.6) is 17.2 Å². The molecule has 11 heteroatoms. The number of carbonyl (C=O) groups excluding carboxylic acids is 1. The number of anilines is 1. The number of fused-ring (bicyclic) bond motifs is 1. The molecule has 1 N–H and O–H groups in total. The molecule has 2 fully saturated rings. The Labute approximate surface area is 291 Å². The van der Waals surface area contributed by atoms with Gasteiger partial charge in [0.05, 0.1) is 45.2 Å². The number of imidazole rings is 1. The molecule has 0 radical (unpaired) electrons. The molecule has 2 aromatic heterocycles. The first kappa shape index (κ1) is 33.5. The number of para-hydroxylation sites is 2. The molecule has 1 atom stereocenters. The van der Waals surface area contributed by atoms with Crippen LogP contribution in [0.1, 0.15) is 47.4 Å². The lowest BCUT2D eigenvalue weighted by atomic mass is 9.76. The van der Waals surface area contributed by atoms with E-state index < -0.39 is 0 Å². The van der Waals surface area contributed by atoms with E-state index in [-0.39, 0.29) is 17.1 Å². The Kier molecular flexibility index (Phi) is 9.67. The Morgan fingerprint density at radius 1 is 0.960 bits per heavy atom. The maximum Gasteiger partial charge on any atom is 0.254 e. The van der Waals surface area contributed by atoms with Gasteiger partial charge in [-0.3, -0.25) is 4.79 Å². The number of aromatic nitrogens is 2. The molecule has 50 heavy (non-hydrogen) atoms. The van der Waals surface area contributed by atoms with Crippen LogP contribution in [0.2, 0.25) is 0 Å². The van der Waals surface area contributed by atoms with Crippen LogP contribution in [-0.4, -0.2) is 85.4 Å². The van der Waals surface area contributed by atoms with Gasteiger partial charge in [-0.2, -0.15) is 0 Å². The van der Waals surface area contributed by atoms with Crippen molar-refractivity contribution in [2.75, 3.05) is 59.4 Å². The summed E-state index contributed by atoms with van der Waals surface area (Å²) in [6.07, 6.45) is 5.32. The molecular weight excluding hydrogens is 637 g/mol. The second-order valence-corrected chi connectivity index (χ2v) is 13.3. The number of hydrogen-bond donors (Lipinski definition) is 1. The first-order chi connectivity index (χ1) is 24.4. The number of rotatable bonds is 12. The maximum absolute atomic E-state index is 14.1. The van der Waals surface area contributed by atoms with E-state index in [1.54, 1.807) is 39.7 Å². The number of furan rings is 1. The van der Waals surface area contributed by atoms with Crippen LogP contribution < -0.4 is 19.5 Å². The van der Waals surface area contributed by atoms with E-state index in [1.165, 1.54) is 12.1 Å². The van der Waals surface area contributed by atoms with Gasteiger partial charge in [0.2, 0.25) is 11.7 Å². The van der Waals surface area contributed by atoms with Crippen LogP contribution in [0.3, 0.4) is 0 Å². The minimum Gasteiger partial charge on any atom is -0.493 e. The number of carbonyl (C=O) groups is 1. The third kappa shape index (κ3) is 6.74. The Hall–Kier alpha value is -5.03. The molecule has 262 valence electrons. The highest BCUT2D eigenvalue weighted by molar-refractivity contribution is 5.96. The molecule has 3 aromatic carbocycles. The lowest BCUT2D eigenvalue weighted by molar-refractivity contribution is 0.0779. The molecule has 7 rings (SSSR count). The first-order valence-electron chi connectivity index (χ1n) is 17.2. The fourth-order valence-electron chi connectivity index (χ4n) is 7.58. The lowest BCUT2D eigenvalue weighted by Crippen LogP contribution is -2.42. The van der Waals surface area contributed by atoms with Gasteiger partial charge in [0.1, 0.15) is 11.6 Å². The number of amides is 1. The SMILES string of the molecule is COc1cc(C(=O)N2CCC(CCN3CCC(Nc4nc5ccccc5n4Cc4ccco4)CC3)(c3ccc(F)cc3)C2)cc(OC)c1OC. The predicted octanol–water partition coefficient (Wildman–Crippen LogP) is 6.59. The number of piperidine rings is 1. The minimum absolute atomic E-state index is 0.0989. The molecule has 1 amide bonds. The van der Waals surface area contributed by atoms with E-state index in [4.69, 9.17) is 23.6 Å². The number of nitrogens with one attached hydrogen (secondary N) is 1. The second kappa shape index (κ2) is 14.4. The second-order valence-electron chi connectivity index (χ2n) is 13.3. The van der Waals surface area contributed by atoms with Crippen LogP contribution in [-0.2, 0) is 12.0 Å². The molecule has 2 aliphatic heterocycles. The van der Waals surface area contributed by atoms with Gasteiger partial charge in [0.25, 0.3) is 5.91 Å². The summed E-state index contributed by atoms with van der Waals surface area (Å²) in [6, 6.07) is 22.6. The van der Waals surface area contributed by atoms with Gasteiger partial charge in [-0.1, -0.05) is 24.3 Å². The third-order valence-corrected chi connectivity index (χ3v) is 10.4. The van der Waals surface area contributed by atoms with Crippen molar-refractivity contribution < 1.29 is 27.8 Å². The van der Waals surface area contributed by atoms with Gasteiger partial charge in [0.15, 0.2) is 11.5 Å². The van der Waals surface area contributed by atoms with Gasteiger partial charge in [0, 0.05) is 43.2 Å². The van der Waals surface area contributed by atoms with Gasteiger partial charge in [-0.25, -0.2) is 9.37 Å². The zero-order chi connectivity index (χ0) is 34.7. The summed E-state index contributed by atoms with van der Waals surface area (Å²) in [5.41, 5.74) is 3.27. The normalized spacial score (nSPS) is 18.4. The fourth-order valence-corrected chi connectivity index (χ4v) is 7.58. The number of halogens is 1. The van der Waals surface area contributed by atoms with E-state index in [1.807, 2.05) is 47.4 Å². The summed E-state index contributed by atoms with van der Waals surface area (Å²) in [6.45, 7) is 4.52. The number of likely N-dealkylation sites (tertiary alicyclic amines) is 2. The average Bonchev–Trinajstić information content (AvgIpc) is 3.91. The van der Waals surface area contributed by atoms with E-state index in [2.05, 4.69) is 20.9 Å². The molecular formula is C39H44FN5O5. The molecule has 0 spiro atoms. The highest BCUT2D eigenvalue weighted by Crippen LogP contribution is 2.42. The number of benzene rings is 3. The molecule has 4 heterocycles. The van der Waals surface area contributed by atoms with Crippen LogP contribution in [0.25, 0.3) is 11.0 Å². The third-order valence-electron chi connectivity index (χ3n) is 10.4. The van der Waals surface area contributed by atoms with Crippen molar-refractivity contribution in [3.63, 3.8) is 0 Å². The topological polar surface area (TPSA) is 94.2 Å². The van der Waals surface area contributed by atoms with E-state index in [0.717, 1.165) is 73.6 Å². The van der Waals surface area contributed by atoms with Crippen molar-refractivity contribution in [3.8, 4) is 17.2 Å². The van der Waals surface area contributed by atoms with Crippen molar-refractivity contribution in [3.05, 3.63) is 102 Å². The molecule has 0 bridgehead atoms. The van der Waals surface area contributed by atoms with E-state index in [9.17, 15) is 9.18 Å². The molecule has 0 saturated carbocycles. The minimum atomic E-state index is -0.296. The Morgan fingerprint density at radius 2 is 1.70 bits per heavy atom. The van der Waals surface area contributed by atoms with Crippen LogP contribution >= 0.6 is 0 Å². The Bertz CT molecular complexity index is 1890. The number of methoxy groups -OCH3 is 3. The number of nitrogens with zero attached hydrogens (tertiary/aromatic N) is 4. The van der Waals surface area contributed by atoms with E-state index in [0.29, 0.717) is 48.5 Å². The van der Waals surface area contributed by atoms with Crippen molar-refractivity contribution in [1.82, 2.24) is 19.4 Å². The van der Waals surface area contributed by atoms with E-state index >= 15 is 0 Å². The van der Waals surface area contributed by atoms with Crippen molar-refractivity contribution in [2.45, 2.75) is 43.7 Å². The monoisotopic (exact) mass is 681 g/mol. The van der Waals surface area contributed by atoms with Gasteiger partial charge in [-0.15, -0.1) is 0 Å². The summed E-state index contributed by atoms with van der Waals surface area (Å²) >= 11 is 0. The zero-order valence-corrected chi connectivity index (χ0v) is 28.9. The quantitative estimate of drug-likeness (QED) is 0.158. The van der Waals surface area contributed by atoms with Gasteiger partial charge >= 0.3 is 0 Å². The predicted molar refractivity (Wildman–Crippen MR) is 190 cm³/mol. The Balaban J connectivity index is 1.02. The van der Waals surface area contributed by atoms with Crippen molar-refractivity contribution >= 4 is 22.9 Å². The Morgan fingerprint density at radius 3 is 2.38 bits per heavy atom. The zero-order valence-electron chi connectivity index (χ0n) is 28.9. The molecule has 2 aliphatic rings. The van der Waals surface area contributed by atoms with Crippen LogP contribution in [0, 0.1) is 5.82 Å². The maximum atomic E-state index is 14.1. The van der Waals surface area contributed by atoms with Crippen LogP contribution in [0.4, 0.5) is 10.3 Å². The summed E-state index contributed by atoms with van der Waals surface area (Å²) < 4.78 is 38.4. The number of ether oxygens (including phenoxy) is 3. The average molecular weight is 682 g/mol. The largest absolute Gasteiger partial charge is 0.493 e. The summed E-state index contributed by atoms with van der Waals surface area (Å²) in [5.74, 6) is 2.70. The lowest BCUT2D eigenvalue weighted by Gasteiger charge is -2.36. The smallest absolute Gasteiger partial charge is 0.254 e. The van der Waals surface area contributed by atoms with Crippen molar-refractivity contribution in [2.24, 2.45) is 0 Å².